The highest BCUT2D eigenvalue weighted by molar-refractivity contribution is 6.23. The molecule has 0 atom stereocenters. The predicted molar refractivity (Wildman–Crippen MR) is 328 cm³/mol. The van der Waals surface area contributed by atoms with Gasteiger partial charge in [0.15, 0.2) is 0 Å². The first-order valence-electron chi connectivity index (χ1n) is 27.2. The van der Waals surface area contributed by atoms with E-state index in [1.807, 2.05) is 0 Å². The summed E-state index contributed by atoms with van der Waals surface area (Å²) in [6, 6.07) is 93.5. The Balaban J connectivity index is 0.875. The molecule has 16 rings (SSSR count). The van der Waals surface area contributed by atoms with Gasteiger partial charge in [0.25, 0.3) is 0 Å². The fourth-order valence-electron chi connectivity index (χ4n) is 14.2. The fraction of sp³-hybridized carbons (Fsp3) is 0.0789. The topological polar surface area (TPSA) is 4.93 Å². The molecule has 0 aliphatic carbocycles. The zero-order chi connectivity index (χ0) is 51.3. The number of para-hydroxylation sites is 1. The van der Waals surface area contributed by atoms with Gasteiger partial charge in [-0.15, -0.1) is 0 Å². The summed E-state index contributed by atoms with van der Waals surface area (Å²) in [6.07, 6.45) is 0. The van der Waals surface area contributed by atoms with Crippen LogP contribution in [0.3, 0.4) is 0 Å². The lowest BCUT2D eigenvalue weighted by Crippen LogP contribution is -2.33. The molecule has 0 spiro atoms. The number of rotatable bonds is 6. The first-order chi connectivity index (χ1) is 37.7. The van der Waals surface area contributed by atoms with Crippen LogP contribution in [-0.4, -0.2) is 4.57 Å². The standard InChI is InChI=1S/C76H53N/c1-75(2)64-32-19-33-65-74(64)77-72-62(42-52(44-66(72)75)46-34-38-50(39-35-46)70-58-28-15-11-24-54(58)68(48-20-7-5-8-21-48)55-25-12-16-29-59(55)70)63-43-53(45-67(73(63)77)76(65,3)4)47-36-40-51(41-37-47)71-60-30-17-13-26-56(60)69(49-22-9-6-10-23-49)57-27-14-18-31-61(57)71/h5-45H,1-4H3. The summed E-state index contributed by atoms with van der Waals surface area (Å²) in [5, 5.41) is 12.8. The Morgan fingerprint density at radius 2 is 0.494 bits per heavy atom. The van der Waals surface area contributed by atoms with E-state index < -0.39 is 0 Å². The number of benzene rings is 13. The van der Waals surface area contributed by atoms with Crippen molar-refractivity contribution in [2.24, 2.45) is 0 Å². The lowest BCUT2D eigenvalue weighted by molar-refractivity contribution is 0.594. The van der Waals surface area contributed by atoms with E-state index in [4.69, 9.17) is 0 Å². The van der Waals surface area contributed by atoms with Crippen molar-refractivity contribution in [3.63, 3.8) is 0 Å². The SMILES string of the molecule is CC1(C)c2cccc3c2-n2c4c1cc(-c1ccc(-c5c6ccccc6c(-c6ccccc6)c6ccccc56)cc1)cc4c1cc(-c4ccc(-c5c6ccccc6c(-c6ccccc6)c6ccccc56)cc4)cc(c12)C3(C)C. The molecule has 1 aromatic heterocycles. The van der Waals surface area contributed by atoms with Gasteiger partial charge in [0.1, 0.15) is 0 Å². The van der Waals surface area contributed by atoms with E-state index in [1.54, 1.807) is 0 Å². The van der Waals surface area contributed by atoms with Crippen molar-refractivity contribution < 1.29 is 0 Å². The van der Waals surface area contributed by atoms with E-state index >= 15 is 0 Å². The number of nitrogens with zero attached hydrogens (tertiary/aromatic N) is 1. The largest absolute Gasteiger partial charge is 0.308 e. The third-order valence-electron chi connectivity index (χ3n) is 17.9. The fourth-order valence-corrected chi connectivity index (χ4v) is 14.2. The van der Waals surface area contributed by atoms with E-state index in [0.29, 0.717) is 0 Å². The van der Waals surface area contributed by atoms with Crippen LogP contribution in [-0.2, 0) is 10.8 Å². The maximum atomic E-state index is 2.65. The first kappa shape index (κ1) is 44.0. The highest BCUT2D eigenvalue weighted by Crippen LogP contribution is 2.57. The minimum absolute atomic E-state index is 0.234. The minimum Gasteiger partial charge on any atom is -0.308 e. The van der Waals surface area contributed by atoms with Gasteiger partial charge in [-0.25, -0.2) is 0 Å². The smallest absolute Gasteiger partial charge is 0.0582 e. The summed E-state index contributed by atoms with van der Waals surface area (Å²) in [7, 11) is 0. The molecular formula is C76H53N. The van der Waals surface area contributed by atoms with Gasteiger partial charge in [0.05, 0.1) is 16.7 Å². The summed E-state index contributed by atoms with van der Waals surface area (Å²) < 4.78 is 2.65. The van der Waals surface area contributed by atoms with E-state index in [-0.39, 0.29) is 10.8 Å². The molecule has 0 saturated heterocycles. The molecule has 0 amide bonds. The van der Waals surface area contributed by atoms with Crippen LogP contribution in [0.1, 0.15) is 49.9 Å². The molecule has 0 N–H and O–H groups in total. The third-order valence-corrected chi connectivity index (χ3v) is 17.9. The number of hydrogen-bond acceptors (Lipinski definition) is 0. The minimum atomic E-state index is -0.234. The van der Waals surface area contributed by atoms with E-state index in [0.717, 1.165) is 0 Å². The highest BCUT2D eigenvalue weighted by Gasteiger charge is 2.44. The normalized spacial score (nSPS) is 13.9. The summed E-state index contributed by atoms with van der Waals surface area (Å²) in [5.41, 5.74) is 24.1. The summed E-state index contributed by atoms with van der Waals surface area (Å²) in [6.45, 7) is 9.77. The zero-order valence-corrected chi connectivity index (χ0v) is 43.6. The van der Waals surface area contributed by atoms with Crippen molar-refractivity contribution in [1.29, 1.82) is 0 Å². The van der Waals surface area contributed by atoms with E-state index in [1.165, 1.54) is 160 Å². The molecule has 0 fully saturated rings. The Morgan fingerprint density at radius 1 is 0.221 bits per heavy atom. The molecule has 2 aliphatic heterocycles. The molecule has 14 aromatic rings. The Bertz CT molecular complexity index is 4380. The second-order valence-electron chi connectivity index (χ2n) is 22.7. The van der Waals surface area contributed by atoms with Crippen molar-refractivity contribution in [1.82, 2.24) is 4.57 Å². The molecule has 13 aromatic carbocycles. The van der Waals surface area contributed by atoms with Crippen molar-refractivity contribution in [3.8, 4) is 72.4 Å². The van der Waals surface area contributed by atoms with Gasteiger partial charge < -0.3 is 4.57 Å². The lowest BCUT2D eigenvalue weighted by atomic mass is 9.68. The van der Waals surface area contributed by atoms with Gasteiger partial charge in [-0.05, 0) is 156 Å². The molecule has 0 radical (unpaired) electrons. The highest BCUT2D eigenvalue weighted by atomic mass is 15.0. The Morgan fingerprint density at radius 3 is 0.805 bits per heavy atom. The van der Waals surface area contributed by atoms with Crippen molar-refractivity contribution in [3.05, 3.63) is 271 Å². The zero-order valence-electron chi connectivity index (χ0n) is 43.6. The van der Waals surface area contributed by atoms with Crippen LogP contribution in [0.15, 0.2) is 249 Å². The lowest BCUT2D eigenvalue weighted by Gasteiger charge is -2.42. The average molecular weight is 980 g/mol. The van der Waals surface area contributed by atoms with Crippen molar-refractivity contribution >= 4 is 64.9 Å². The average Bonchev–Trinajstić information content (AvgIpc) is 4.09. The van der Waals surface area contributed by atoms with Gasteiger partial charge in [0.2, 0.25) is 0 Å². The Kier molecular flexibility index (Phi) is 9.21. The molecule has 3 heterocycles. The number of hydrogen-bond donors (Lipinski definition) is 0. The van der Waals surface area contributed by atoms with Gasteiger partial charge in [-0.1, -0.05) is 252 Å². The molecule has 77 heavy (non-hydrogen) atoms. The Hall–Kier alpha value is -9.30. The second-order valence-corrected chi connectivity index (χ2v) is 22.7. The molecule has 1 nitrogen and oxygen atoms in total. The molecule has 0 unspecified atom stereocenters. The van der Waals surface area contributed by atoms with E-state index in [9.17, 15) is 0 Å². The second kappa shape index (κ2) is 16.1. The molecule has 362 valence electrons. The van der Waals surface area contributed by atoms with Gasteiger partial charge in [-0.3, -0.25) is 0 Å². The molecular weight excluding hydrogens is 927 g/mol. The van der Waals surface area contributed by atoms with Crippen LogP contribution in [0.2, 0.25) is 0 Å². The molecule has 1 heteroatoms. The predicted octanol–water partition coefficient (Wildman–Crippen LogP) is 20.7. The quantitative estimate of drug-likeness (QED) is 0.146. The summed E-state index contributed by atoms with van der Waals surface area (Å²) in [4.78, 5) is 0. The first-order valence-corrected chi connectivity index (χ1v) is 27.2. The monoisotopic (exact) mass is 979 g/mol. The maximum absolute atomic E-state index is 2.65. The molecule has 0 saturated carbocycles. The maximum Gasteiger partial charge on any atom is 0.0582 e. The molecule has 0 bridgehead atoms. The van der Waals surface area contributed by atoms with Crippen molar-refractivity contribution in [2.75, 3.05) is 0 Å². The van der Waals surface area contributed by atoms with Crippen LogP contribution >= 0.6 is 0 Å². The van der Waals surface area contributed by atoms with Gasteiger partial charge in [-0.2, -0.15) is 0 Å². The number of fused-ring (bicyclic) bond motifs is 5. The van der Waals surface area contributed by atoms with E-state index in [2.05, 4.69) is 281 Å². The third kappa shape index (κ3) is 6.17. The summed E-state index contributed by atoms with van der Waals surface area (Å²) >= 11 is 0. The van der Waals surface area contributed by atoms with Gasteiger partial charge >= 0.3 is 0 Å². The van der Waals surface area contributed by atoms with Gasteiger partial charge in [0, 0.05) is 21.6 Å². The van der Waals surface area contributed by atoms with Crippen LogP contribution in [0, 0.1) is 0 Å². The van der Waals surface area contributed by atoms with Crippen molar-refractivity contribution in [2.45, 2.75) is 38.5 Å². The summed E-state index contributed by atoms with van der Waals surface area (Å²) in [5.74, 6) is 0. The molecule has 2 aliphatic rings. The number of aromatic nitrogens is 1. The Labute approximate surface area is 449 Å². The van der Waals surface area contributed by atoms with Crippen LogP contribution < -0.4 is 0 Å². The van der Waals surface area contributed by atoms with Crippen LogP contribution in [0.25, 0.3) is 137 Å². The van der Waals surface area contributed by atoms with Crippen LogP contribution in [0.5, 0.6) is 0 Å². The van der Waals surface area contributed by atoms with Crippen LogP contribution in [0.4, 0.5) is 0 Å².